The summed E-state index contributed by atoms with van der Waals surface area (Å²) in [5, 5.41) is 5.90. The van der Waals surface area contributed by atoms with E-state index in [1.54, 1.807) is 6.08 Å². The minimum absolute atomic E-state index is 1.06. The minimum Gasteiger partial charge on any atom is -0.355 e. The number of fused-ring (bicyclic) bond motifs is 1. The van der Waals surface area contributed by atoms with Gasteiger partial charge in [-0.1, -0.05) is 61.2 Å². The van der Waals surface area contributed by atoms with Gasteiger partial charge in [0.2, 0.25) is 0 Å². The first-order chi connectivity index (χ1) is 8.85. The highest BCUT2D eigenvalue weighted by molar-refractivity contribution is 5.94. The van der Waals surface area contributed by atoms with Crippen LogP contribution in [0.2, 0.25) is 0 Å². The fraction of sp³-hybridized carbons (Fsp3) is 0.0588. The summed E-state index contributed by atoms with van der Waals surface area (Å²) in [6.45, 7) is 5.70. The molecule has 0 unspecified atom stereocenters. The molecule has 0 saturated heterocycles. The summed E-state index contributed by atoms with van der Waals surface area (Å²) < 4.78 is 0. The van der Waals surface area contributed by atoms with Gasteiger partial charge >= 0.3 is 0 Å². The number of anilines is 1. The predicted octanol–water partition coefficient (Wildman–Crippen LogP) is 4.90. The van der Waals surface area contributed by atoms with Gasteiger partial charge in [0.1, 0.15) is 0 Å². The Labute approximate surface area is 108 Å². The van der Waals surface area contributed by atoms with Crippen LogP contribution in [0.25, 0.3) is 10.8 Å². The Balaban J connectivity index is 2.37. The molecular formula is C17H17N. The van der Waals surface area contributed by atoms with Gasteiger partial charge in [0.15, 0.2) is 0 Å². The van der Waals surface area contributed by atoms with Crippen molar-refractivity contribution in [2.45, 2.75) is 6.92 Å². The second-order valence-corrected chi connectivity index (χ2v) is 3.99. The second-order valence-electron chi connectivity index (χ2n) is 3.99. The molecule has 0 aliphatic heterocycles. The fourth-order valence-corrected chi connectivity index (χ4v) is 1.87. The van der Waals surface area contributed by atoms with Crippen LogP contribution in [-0.2, 0) is 0 Å². The largest absolute Gasteiger partial charge is 0.355 e. The lowest BCUT2D eigenvalue weighted by atomic mass is 10.1. The number of allylic oxidation sites excluding steroid dienone is 4. The van der Waals surface area contributed by atoms with E-state index in [1.165, 1.54) is 10.8 Å². The molecule has 2 aromatic rings. The van der Waals surface area contributed by atoms with Crippen molar-refractivity contribution in [3.63, 3.8) is 0 Å². The van der Waals surface area contributed by atoms with Crippen molar-refractivity contribution in [3.05, 3.63) is 79.0 Å². The molecule has 0 aliphatic carbocycles. The number of rotatable bonds is 4. The maximum atomic E-state index is 3.68. The Bertz CT molecular complexity index is 601. The van der Waals surface area contributed by atoms with Gasteiger partial charge < -0.3 is 5.32 Å². The summed E-state index contributed by atoms with van der Waals surface area (Å²) in [6.07, 6.45) is 7.75. The minimum atomic E-state index is 1.06. The molecule has 0 bridgehead atoms. The molecule has 18 heavy (non-hydrogen) atoms. The third-order valence-electron chi connectivity index (χ3n) is 2.79. The molecular weight excluding hydrogens is 218 g/mol. The molecule has 1 N–H and O–H groups in total. The average Bonchev–Trinajstić information content (AvgIpc) is 2.43. The molecule has 2 rings (SSSR count). The molecule has 1 heteroatoms. The van der Waals surface area contributed by atoms with E-state index >= 15 is 0 Å². The maximum Gasteiger partial charge on any atom is 0.0463 e. The van der Waals surface area contributed by atoms with E-state index in [1.807, 2.05) is 25.2 Å². The molecule has 0 fully saturated rings. The Morgan fingerprint density at radius 1 is 1.11 bits per heavy atom. The highest BCUT2D eigenvalue weighted by atomic mass is 14.9. The van der Waals surface area contributed by atoms with Gasteiger partial charge in [-0.2, -0.15) is 0 Å². The zero-order valence-corrected chi connectivity index (χ0v) is 10.6. The molecule has 0 heterocycles. The Morgan fingerprint density at radius 2 is 1.89 bits per heavy atom. The van der Waals surface area contributed by atoms with Crippen LogP contribution >= 0.6 is 0 Å². The van der Waals surface area contributed by atoms with Crippen molar-refractivity contribution in [3.8, 4) is 0 Å². The summed E-state index contributed by atoms with van der Waals surface area (Å²) in [5.74, 6) is 0. The number of nitrogens with one attached hydrogen (secondary N) is 1. The van der Waals surface area contributed by atoms with Gasteiger partial charge in [-0.25, -0.2) is 0 Å². The zero-order chi connectivity index (χ0) is 12.8. The van der Waals surface area contributed by atoms with Crippen LogP contribution in [0.3, 0.4) is 0 Å². The first-order valence-corrected chi connectivity index (χ1v) is 6.05. The quantitative estimate of drug-likeness (QED) is 0.743. The lowest BCUT2D eigenvalue weighted by molar-refractivity contribution is 1.46. The van der Waals surface area contributed by atoms with Crippen molar-refractivity contribution < 1.29 is 0 Å². The van der Waals surface area contributed by atoms with Crippen LogP contribution in [0.4, 0.5) is 5.69 Å². The SMILES string of the molecule is C=C/C=C\C(=C/C)Nc1cccc2ccccc12. The average molecular weight is 235 g/mol. The lowest BCUT2D eigenvalue weighted by Crippen LogP contribution is -1.96. The summed E-state index contributed by atoms with van der Waals surface area (Å²) in [6, 6.07) is 14.6. The van der Waals surface area contributed by atoms with E-state index in [-0.39, 0.29) is 0 Å². The molecule has 0 amide bonds. The molecule has 0 saturated carbocycles. The van der Waals surface area contributed by atoms with Crippen LogP contribution in [0, 0.1) is 0 Å². The van der Waals surface area contributed by atoms with Crippen molar-refractivity contribution in [2.24, 2.45) is 0 Å². The molecule has 2 aromatic carbocycles. The highest BCUT2D eigenvalue weighted by Gasteiger charge is 1.99. The van der Waals surface area contributed by atoms with Gasteiger partial charge in [0.25, 0.3) is 0 Å². The van der Waals surface area contributed by atoms with Gasteiger partial charge in [-0.05, 0) is 24.5 Å². The Morgan fingerprint density at radius 3 is 2.67 bits per heavy atom. The molecule has 90 valence electrons. The van der Waals surface area contributed by atoms with E-state index < -0.39 is 0 Å². The third-order valence-corrected chi connectivity index (χ3v) is 2.79. The summed E-state index contributed by atoms with van der Waals surface area (Å²) >= 11 is 0. The topological polar surface area (TPSA) is 12.0 Å². The second kappa shape index (κ2) is 5.87. The van der Waals surface area contributed by atoms with Crippen molar-refractivity contribution in [2.75, 3.05) is 5.32 Å². The number of hydrogen-bond donors (Lipinski definition) is 1. The van der Waals surface area contributed by atoms with Crippen LogP contribution in [0.5, 0.6) is 0 Å². The molecule has 1 nitrogen and oxygen atoms in total. The Hall–Kier alpha value is -2.28. The van der Waals surface area contributed by atoms with E-state index in [9.17, 15) is 0 Å². The van der Waals surface area contributed by atoms with E-state index in [0.717, 1.165) is 11.4 Å². The fourth-order valence-electron chi connectivity index (χ4n) is 1.87. The predicted molar refractivity (Wildman–Crippen MR) is 80.7 cm³/mol. The molecule has 0 aliphatic rings. The molecule has 0 aromatic heterocycles. The van der Waals surface area contributed by atoms with Crippen molar-refractivity contribution in [1.29, 1.82) is 0 Å². The molecule has 0 spiro atoms. The molecule has 0 radical (unpaired) electrons. The van der Waals surface area contributed by atoms with Gasteiger partial charge in [-0.3, -0.25) is 0 Å². The van der Waals surface area contributed by atoms with E-state index in [4.69, 9.17) is 0 Å². The van der Waals surface area contributed by atoms with E-state index in [0.29, 0.717) is 0 Å². The monoisotopic (exact) mass is 235 g/mol. The standard InChI is InChI=1S/C17H17N/c1-3-5-11-15(4-2)18-17-13-8-10-14-9-6-7-12-16(14)17/h3-13,18H,1H2,2H3/b11-5-,15-4+. The van der Waals surface area contributed by atoms with Gasteiger partial charge in [0, 0.05) is 16.8 Å². The van der Waals surface area contributed by atoms with E-state index in [2.05, 4.69) is 54.4 Å². The van der Waals surface area contributed by atoms with Crippen LogP contribution < -0.4 is 5.32 Å². The van der Waals surface area contributed by atoms with Crippen molar-refractivity contribution in [1.82, 2.24) is 0 Å². The molecule has 0 atom stereocenters. The summed E-state index contributed by atoms with van der Waals surface area (Å²) in [7, 11) is 0. The maximum absolute atomic E-state index is 3.68. The first kappa shape index (κ1) is 12.2. The summed E-state index contributed by atoms with van der Waals surface area (Å²) in [4.78, 5) is 0. The number of hydrogen-bond acceptors (Lipinski definition) is 1. The van der Waals surface area contributed by atoms with Crippen LogP contribution in [-0.4, -0.2) is 0 Å². The van der Waals surface area contributed by atoms with Crippen LogP contribution in [0.1, 0.15) is 6.92 Å². The summed E-state index contributed by atoms with van der Waals surface area (Å²) in [5.41, 5.74) is 2.18. The highest BCUT2D eigenvalue weighted by Crippen LogP contribution is 2.24. The smallest absolute Gasteiger partial charge is 0.0463 e. The Kier molecular flexibility index (Phi) is 3.98. The van der Waals surface area contributed by atoms with Crippen molar-refractivity contribution >= 4 is 16.5 Å². The first-order valence-electron chi connectivity index (χ1n) is 6.05. The third kappa shape index (κ3) is 2.69. The zero-order valence-electron chi connectivity index (χ0n) is 10.6. The van der Waals surface area contributed by atoms with Gasteiger partial charge in [0.05, 0.1) is 0 Å². The number of benzene rings is 2. The van der Waals surface area contributed by atoms with Crippen LogP contribution in [0.15, 0.2) is 79.0 Å². The lowest BCUT2D eigenvalue weighted by Gasteiger charge is -2.10. The normalized spacial score (nSPS) is 11.9. The van der Waals surface area contributed by atoms with Gasteiger partial charge in [-0.15, -0.1) is 0 Å².